The van der Waals surface area contributed by atoms with Crippen LogP contribution >= 0.6 is 0 Å². The number of morpholine rings is 1. The van der Waals surface area contributed by atoms with Crippen LogP contribution in [0.25, 0.3) is 0 Å². The molecule has 1 aromatic carbocycles. The second-order valence-corrected chi connectivity index (χ2v) is 6.41. The van der Waals surface area contributed by atoms with E-state index in [1.165, 1.54) is 0 Å². The van der Waals surface area contributed by atoms with Crippen LogP contribution in [0, 0.1) is 6.92 Å². The smallest absolute Gasteiger partial charge is 0.248 e. The Hall–Kier alpha value is -1.44. The second kappa shape index (κ2) is 6.34. The fraction of sp³-hybridized carbons (Fsp3) is 0.462. The van der Waals surface area contributed by atoms with Crippen LogP contribution in [0.15, 0.2) is 29.2 Å². The van der Waals surface area contributed by atoms with Gasteiger partial charge < -0.3 is 9.64 Å². The Morgan fingerprint density at radius 1 is 1.30 bits per heavy atom. The minimum absolute atomic E-state index is 0.0741. The minimum Gasteiger partial charge on any atom is -0.370 e. The highest BCUT2D eigenvalue weighted by atomic mass is 32.2. The molecule has 1 heterocycles. The summed E-state index contributed by atoms with van der Waals surface area (Å²) in [6.45, 7) is 3.52. The molecule has 1 aromatic rings. The Kier molecular flexibility index (Phi) is 4.74. The third-order valence-electron chi connectivity index (χ3n) is 3.09. The maximum absolute atomic E-state index is 12.0. The van der Waals surface area contributed by atoms with Crippen molar-refractivity contribution in [2.24, 2.45) is 0 Å². The predicted octanol–water partition coefficient (Wildman–Crippen LogP) is 0.132. The molecule has 0 aliphatic carbocycles. The lowest BCUT2D eigenvalue weighted by atomic mass is 10.2. The average Bonchev–Trinajstić information content (AvgIpc) is 2.41. The summed E-state index contributed by atoms with van der Waals surface area (Å²) in [5.74, 6) is -0.106. The van der Waals surface area contributed by atoms with E-state index in [4.69, 9.17) is 4.74 Å². The van der Waals surface area contributed by atoms with Crippen molar-refractivity contribution in [1.29, 1.82) is 0 Å². The number of nitrogens with zero attached hydrogens (tertiary/aromatic N) is 1. The fourth-order valence-electron chi connectivity index (χ4n) is 1.90. The zero-order valence-electron chi connectivity index (χ0n) is 11.3. The summed E-state index contributed by atoms with van der Waals surface area (Å²) in [4.78, 5) is 13.3. The maximum Gasteiger partial charge on any atom is 0.248 e. The van der Waals surface area contributed by atoms with Crippen LogP contribution in [-0.4, -0.2) is 52.1 Å². The quantitative estimate of drug-likeness (QED) is 0.838. The van der Waals surface area contributed by atoms with Crippen LogP contribution in [0.3, 0.4) is 0 Å². The van der Waals surface area contributed by atoms with E-state index in [1.807, 2.05) is 6.92 Å². The van der Waals surface area contributed by atoms with Gasteiger partial charge in [-0.3, -0.25) is 4.79 Å². The number of ether oxygens (including phenoxy) is 1. The molecule has 1 aliphatic heterocycles. The highest BCUT2D eigenvalue weighted by molar-refractivity contribution is 7.89. The van der Waals surface area contributed by atoms with E-state index < -0.39 is 10.0 Å². The Labute approximate surface area is 118 Å². The molecule has 1 amide bonds. The van der Waals surface area contributed by atoms with Gasteiger partial charge in [0.2, 0.25) is 15.9 Å². The van der Waals surface area contributed by atoms with Crippen molar-refractivity contribution in [3.63, 3.8) is 0 Å². The van der Waals surface area contributed by atoms with Gasteiger partial charge in [0.15, 0.2) is 0 Å². The van der Waals surface area contributed by atoms with Crippen LogP contribution in [0.5, 0.6) is 0 Å². The van der Waals surface area contributed by atoms with Crippen LogP contribution in [0.2, 0.25) is 0 Å². The first-order chi connectivity index (χ1) is 9.49. The Morgan fingerprint density at radius 2 is 2.00 bits per heavy atom. The standard InChI is InChI=1S/C13H18N2O4S/c1-11-2-4-12(5-3-11)20(17,18)14-6-7-15-8-9-19-10-13(15)16/h2-5,14H,6-10H2,1H3. The molecule has 0 atom stereocenters. The monoisotopic (exact) mass is 298 g/mol. The lowest BCUT2D eigenvalue weighted by Gasteiger charge is -2.26. The summed E-state index contributed by atoms with van der Waals surface area (Å²) < 4.78 is 31.6. The van der Waals surface area contributed by atoms with Crippen molar-refractivity contribution < 1.29 is 17.9 Å². The van der Waals surface area contributed by atoms with Gasteiger partial charge in [-0.25, -0.2) is 13.1 Å². The van der Waals surface area contributed by atoms with Gasteiger partial charge in [-0.15, -0.1) is 0 Å². The number of sulfonamides is 1. The first-order valence-corrected chi connectivity index (χ1v) is 7.89. The number of carbonyl (C=O) groups is 1. The van der Waals surface area contributed by atoms with E-state index in [0.29, 0.717) is 19.7 Å². The molecule has 0 spiro atoms. The van der Waals surface area contributed by atoms with Crippen molar-refractivity contribution in [2.75, 3.05) is 32.8 Å². The number of amides is 1. The molecule has 1 aliphatic rings. The van der Waals surface area contributed by atoms with Gasteiger partial charge in [0.25, 0.3) is 0 Å². The molecule has 20 heavy (non-hydrogen) atoms. The molecule has 7 heteroatoms. The molecule has 1 N–H and O–H groups in total. The zero-order chi connectivity index (χ0) is 14.6. The van der Waals surface area contributed by atoms with Gasteiger partial charge in [0.1, 0.15) is 6.61 Å². The Balaban J connectivity index is 1.89. The van der Waals surface area contributed by atoms with Gasteiger partial charge in [0, 0.05) is 19.6 Å². The third kappa shape index (κ3) is 3.78. The molecule has 1 saturated heterocycles. The van der Waals surface area contributed by atoms with Crippen LogP contribution in [0.4, 0.5) is 0 Å². The molecule has 1 fully saturated rings. The summed E-state index contributed by atoms with van der Waals surface area (Å²) in [5, 5.41) is 0. The zero-order valence-corrected chi connectivity index (χ0v) is 12.1. The number of hydrogen-bond acceptors (Lipinski definition) is 4. The third-order valence-corrected chi connectivity index (χ3v) is 4.57. The minimum atomic E-state index is -3.51. The van der Waals surface area contributed by atoms with E-state index in [2.05, 4.69) is 4.72 Å². The Bertz CT molecular complexity index is 569. The highest BCUT2D eigenvalue weighted by Gasteiger charge is 2.19. The molecule has 0 unspecified atom stereocenters. The SMILES string of the molecule is Cc1ccc(S(=O)(=O)NCCN2CCOCC2=O)cc1. The van der Waals surface area contributed by atoms with Gasteiger partial charge >= 0.3 is 0 Å². The number of hydrogen-bond donors (Lipinski definition) is 1. The maximum atomic E-state index is 12.0. The van der Waals surface area contributed by atoms with Gasteiger partial charge in [-0.1, -0.05) is 17.7 Å². The largest absolute Gasteiger partial charge is 0.370 e. The number of carbonyl (C=O) groups excluding carboxylic acids is 1. The summed E-state index contributed by atoms with van der Waals surface area (Å²) in [7, 11) is -3.51. The molecule has 0 aromatic heterocycles. The fourth-order valence-corrected chi connectivity index (χ4v) is 2.92. The molecule has 0 bridgehead atoms. The molecule has 0 saturated carbocycles. The predicted molar refractivity (Wildman–Crippen MR) is 73.8 cm³/mol. The van der Waals surface area contributed by atoms with E-state index in [-0.39, 0.29) is 24.0 Å². The number of aryl methyl sites for hydroxylation is 1. The molecule has 6 nitrogen and oxygen atoms in total. The van der Waals surface area contributed by atoms with Crippen molar-refractivity contribution in [3.05, 3.63) is 29.8 Å². The summed E-state index contributed by atoms with van der Waals surface area (Å²) in [6, 6.07) is 6.63. The first kappa shape index (κ1) is 15.0. The molecule has 0 radical (unpaired) electrons. The first-order valence-electron chi connectivity index (χ1n) is 6.41. The highest BCUT2D eigenvalue weighted by Crippen LogP contribution is 2.09. The topological polar surface area (TPSA) is 75.7 Å². The lowest BCUT2D eigenvalue weighted by Crippen LogP contribution is -2.45. The van der Waals surface area contributed by atoms with Crippen molar-refractivity contribution in [3.8, 4) is 0 Å². The number of benzene rings is 1. The van der Waals surface area contributed by atoms with E-state index in [0.717, 1.165) is 5.56 Å². The average molecular weight is 298 g/mol. The number of nitrogens with one attached hydrogen (secondary N) is 1. The lowest BCUT2D eigenvalue weighted by molar-refractivity contribution is -0.142. The van der Waals surface area contributed by atoms with Crippen molar-refractivity contribution in [1.82, 2.24) is 9.62 Å². The van der Waals surface area contributed by atoms with Gasteiger partial charge in [-0.05, 0) is 19.1 Å². The van der Waals surface area contributed by atoms with E-state index in [9.17, 15) is 13.2 Å². The molecular weight excluding hydrogens is 280 g/mol. The van der Waals surface area contributed by atoms with Gasteiger partial charge in [0.05, 0.1) is 11.5 Å². The summed E-state index contributed by atoms with van der Waals surface area (Å²) in [5.41, 5.74) is 1.00. The normalized spacial score (nSPS) is 16.4. The Morgan fingerprint density at radius 3 is 2.65 bits per heavy atom. The van der Waals surface area contributed by atoms with Gasteiger partial charge in [-0.2, -0.15) is 0 Å². The number of rotatable bonds is 5. The van der Waals surface area contributed by atoms with Crippen LogP contribution in [0.1, 0.15) is 5.56 Å². The van der Waals surface area contributed by atoms with Crippen LogP contribution in [-0.2, 0) is 19.6 Å². The molecule has 2 rings (SSSR count). The van der Waals surface area contributed by atoms with E-state index in [1.54, 1.807) is 29.2 Å². The van der Waals surface area contributed by atoms with E-state index >= 15 is 0 Å². The molecular formula is C13H18N2O4S. The second-order valence-electron chi connectivity index (χ2n) is 4.64. The van der Waals surface area contributed by atoms with Crippen molar-refractivity contribution >= 4 is 15.9 Å². The molecule has 110 valence electrons. The van der Waals surface area contributed by atoms with Crippen LogP contribution < -0.4 is 4.72 Å². The summed E-state index contributed by atoms with van der Waals surface area (Å²) in [6.07, 6.45) is 0. The summed E-state index contributed by atoms with van der Waals surface area (Å²) >= 11 is 0. The van der Waals surface area contributed by atoms with Crippen molar-refractivity contribution in [2.45, 2.75) is 11.8 Å².